The molecule has 1 unspecified atom stereocenters. The van der Waals surface area contributed by atoms with E-state index in [0.717, 1.165) is 38.8 Å². The molecule has 0 aromatic rings. The average Bonchev–Trinajstić information content (AvgIpc) is 2.44. The lowest BCUT2D eigenvalue weighted by molar-refractivity contribution is -0.136. The number of hydrogen-bond acceptors (Lipinski definition) is 2. The second-order valence-corrected chi connectivity index (χ2v) is 4.87. The molecule has 2 N–H and O–H groups in total. The molecular weight excluding hydrogens is 224 g/mol. The van der Waals surface area contributed by atoms with E-state index in [1.165, 1.54) is 12.8 Å². The summed E-state index contributed by atoms with van der Waals surface area (Å²) in [5.41, 5.74) is 5.41. The first kappa shape index (κ1) is 15.7. The van der Waals surface area contributed by atoms with Gasteiger partial charge in [-0.2, -0.15) is 0 Å². The van der Waals surface area contributed by atoms with Gasteiger partial charge in [-0.25, -0.2) is 0 Å². The van der Waals surface area contributed by atoms with E-state index in [4.69, 9.17) is 5.73 Å². The summed E-state index contributed by atoms with van der Waals surface area (Å²) in [4.78, 5) is 14.1. The van der Waals surface area contributed by atoms with Crippen LogP contribution in [-0.4, -0.2) is 29.4 Å². The quantitative estimate of drug-likeness (QED) is 0.833. The number of likely N-dealkylation sites (tertiary alicyclic amines) is 1. The Morgan fingerprint density at radius 1 is 1.25 bits per heavy atom. The van der Waals surface area contributed by atoms with Gasteiger partial charge in [-0.1, -0.05) is 26.2 Å². The maximum atomic E-state index is 12.2. The topological polar surface area (TPSA) is 46.3 Å². The SMILES string of the molecule is CCCC(C)(N)C(=O)N1CCCCCC1.Cl. The standard InChI is InChI=1S/C12H24N2O.ClH/c1-3-8-12(2,13)11(15)14-9-6-4-5-7-10-14;/h3-10,13H2,1-2H3;1H. The van der Waals surface area contributed by atoms with Gasteiger partial charge in [0.05, 0.1) is 5.54 Å². The molecule has 1 fully saturated rings. The number of halogens is 1. The molecule has 0 aromatic carbocycles. The van der Waals surface area contributed by atoms with Crippen molar-refractivity contribution in [3.05, 3.63) is 0 Å². The van der Waals surface area contributed by atoms with Crippen molar-refractivity contribution in [3.8, 4) is 0 Å². The summed E-state index contributed by atoms with van der Waals surface area (Å²) in [5, 5.41) is 0. The molecule has 3 nitrogen and oxygen atoms in total. The molecule has 1 saturated heterocycles. The van der Waals surface area contributed by atoms with Crippen molar-refractivity contribution < 1.29 is 4.79 Å². The smallest absolute Gasteiger partial charge is 0.242 e. The van der Waals surface area contributed by atoms with Crippen LogP contribution < -0.4 is 5.73 Å². The Morgan fingerprint density at radius 3 is 2.19 bits per heavy atom. The van der Waals surface area contributed by atoms with Crippen LogP contribution in [0.2, 0.25) is 0 Å². The molecule has 1 amide bonds. The van der Waals surface area contributed by atoms with Crippen LogP contribution in [-0.2, 0) is 4.79 Å². The van der Waals surface area contributed by atoms with Gasteiger partial charge in [0.1, 0.15) is 0 Å². The van der Waals surface area contributed by atoms with Crippen LogP contribution in [0.1, 0.15) is 52.4 Å². The summed E-state index contributed by atoms with van der Waals surface area (Å²) in [6, 6.07) is 0. The molecule has 16 heavy (non-hydrogen) atoms. The molecule has 1 aliphatic heterocycles. The Hall–Kier alpha value is -0.280. The summed E-state index contributed by atoms with van der Waals surface area (Å²) >= 11 is 0. The van der Waals surface area contributed by atoms with Crippen molar-refractivity contribution in [1.82, 2.24) is 4.90 Å². The summed E-state index contributed by atoms with van der Waals surface area (Å²) < 4.78 is 0. The van der Waals surface area contributed by atoms with E-state index in [1.54, 1.807) is 0 Å². The van der Waals surface area contributed by atoms with Crippen molar-refractivity contribution in [2.24, 2.45) is 5.73 Å². The highest BCUT2D eigenvalue weighted by atomic mass is 35.5. The first-order valence-electron chi connectivity index (χ1n) is 6.16. The molecule has 96 valence electrons. The Kier molecular flexibility index (Phi) is 7.00. The number of carbonyl (C=O) groups excluding carboxylic acids is 1. The number of rotatable bonds is 3. The third-order valence-corrected chi connectivity index (χ3v) is 3.15. The highest BCUT2D eigenvalue weighted by molar-refractivity contribution is 5.85. The molecule has 1 rings (SSSR count). The van der Waals surface area contributed by atoms with E-state index in [0.29, 0.717) is 0 Å². The minimum absolute atomic E-state index is 0. The zero-order chi connectivity index (χ0) is 11.3. The molecule has 0 bridgehead atoms. The average molecular weight is 249 g/mol. The number of carbonyl (C=O) groups is 1. The van der Waals surface area contributed by atoms with Gasteiger partial charge in [0.2, 0.25) is 5.91 Å². The van der Waals surface area contributed by atoms with Crippen molar-refractivity contribution in [2.75, 3.05) is 13.1 Å². The highest BCUT2D eigenvalue weighted by Gasteiger charge is 2.31. The molecule has 1 heterocycles. The summed E-state index contributed by atoms with van der Waals surface area (Å²) in [7, 11) is 0. The van der Waals surface area contributed by atoms with Crippen LogP contribution in [0, 0.1) is 0 Å². The van der Waals surface area contributed by atoms with Crippen molar-refractivity contribution in [3.63, 3.8) is 0 Å². The van der Waals surface area contributed by atoms with Gasteiger partial charge in [-0.3, -0.25) is 4.79 Å². The van der Waals surface area contributed by atoms with Crippen LogP contribution in [0.4, 0.5) is 0 Å². The van der Waals surface area contributed by atoms with Crippen LogP contribution in [0.3, 0.4) is 0 Å². The number of amides is 1. The Morgan fingerprint density at radius 2 is 1.75 bits per heavy atom. The van der Waals surface area contributed by atoms with Crippen LogP contribution >= 0.6 is 12.4 Å². The number of nitrogens with zero attached hydrogens (tertiary/aromatic N) is 1. The molecule has 0 saturated carbocycles. The maximum Gasteiger partial charge on any atom is 0.242 e. The lowest BCUT2D eigenvalue weighted by atomic mass is 9.95. The fraction of sp³-hybridized carbons (Fsp3) is 0.917. The molecular formula is C12H25ClN2O. The van der Waals surface area contributed by atoms with Gasteiger partial charge >= 0.3 is 0 Å². The summed E-state index contributed by atoms with van der Waals surface area (Å²) in [6.07, 6.45) is 6.51. The molecule has 0 aromatic heterocycles. The van der Waals surface area contributed by atoms with Crippen molar-refractivity contribution in [1.29, 1.82) is 0 Å². The second-order valence-electron chi connectivity index (χ2n) is 4.87. The van der Waals surface area contributed by atoms with Gasteiger partial charge in [0, 0.05) is 13.1 Å². The number of hydrogen-bond donors (Lipinski definition) is 1. The number of nitrogens with two attached hydrogens (primary N) is 1. The lowest BCUT2D eigenvalue weighted by Crippen LogP contribution is -2.53. The normalized spacial score (nSPS) is 20.6. The van der Waals surface area contributed by atoms with Crippen molar-refractivity contribution >= 4 is 18.3 Å². The van der Waals surface area contributed by atoms with Gasteiger partial charge in [0.15, 0.2) is 0 Å². The van der Waals surface area contributed by atoms with Crippen LogP contribution in [0.5, 0.6) is 0 Å². The Labute approximate surface area is 105 Å². The molecule has 1 atom stereocenters. The molecule has 4 heteroatoms. The van der Waals surface area contributed by atoms with E-state index in [1.807, 2.05) is 11.8 Å². The second kappa shape index (κ2) is 7.13. The molecule has 1 aliphatic rings. The monoisotopic (exact) mass is 248 g/mol. The fourth-order valence-corrected chi connectivity index (χ4v) is 2.26. The lowest BCUT2D eigenvalue weighted by Gasteiger charge is -2.30. The third kappa shape index (κ3) is 4.30. The molecule has 0 spiro atoms. The van der Waals surface area contributed by atoms with E-state index >= 15 is 0 Å². The first-order valence-corrected chi connectivity index (χ1v) is 6.16. The van der Waals surface area contributed by atoms with Gasteiger partial charge in [-0.15, -0.1) is 12.4 Å². The summed E-state index contributed by atoms with van der Waals surface area (Å²) in [6.45, 7) is 5.73. The minimum atomic E-state index is -0.654. The van der Waals surface area contributed by atoms with Gasteiger partial charge in [0.25, 0.3) is 0 Å². The predicted octanol–water partition coefficient (Wildman–Crippen LogP) is 2.33. The zero-order valence-corrected chi connectivity index (χ0v) is 11.3. The predicted molar refractivity (Wildman–Crippen MR) is 69.8 cm³/mol. The van der Waals surface area contributed by atoms with Crippen LogP contribution in [0.15, 0.2) is 0 Å². The van der Waals surface area contributed by atoms with E-state index in [9.17, 15) is 4.79 Å². The highest BCUT2D eigenvalue weighted by Crippen LogP contribution is 2.16. The molecule has 0 aliphatic carbocycles. The van der Waals surface area contributed by atoms with E-state index in [2.05, 4.69) is 6.92 Å². The Balaban J connectivity index is 0.00000225. The van der Waals surface area contributed by atoms with Crippen molar-refractivity contribution in [2.45, 2.75) is 57.9 Å². The van der Waals surface area contributed by atoms with E-state index < -0.39 is 5.54 Å². The zero-order valence-electron chi connectivity index (χ0n) is 10.5. The van der Waals surface area contributed by atoms with E-state index in [-0.39, 0.29) is 18.3 Å². The van der Waals surface area contributed by atoms with Crippen LogP contribution in [0.25, 0.3) is 0 Å². The fourth-order valence-electron chi connectivity index (χ4n) is 2.26. The summed E-state index contributed by atoms with van der Waals surface area (Å²) in [5.74, 6) is 0.145. The van der Waals surface area contributed by atoms with Gasteiger partial charge < -0.3 is 10.6 Å². The maximum absolute atomic E-state index is 12.2. The largest absolute Gasteiger partial charge is 0.341 e. The molecule has 0 radical (unpaired) electrons. The van der Waals surface area contributed by atoms with Gasteiger partial charge in [-0.05, 0) is 26.2 Å². The minimum Gasteiger partial charge on any atom is -0.341 e. The Bertz CT molecular complexity index is 211. The third-order valence-electron chi connectivity index (χ3n) is 3.15. The first-order chi connectivity index (χ1) is 7.08.